The van der Waals surface area contributed by atoms with Gasteiger partial charge in [0.05, 0.1) is 0 Å². The van der Waals surface area contributed by atoms with Crippen molar-refractivity contribution in [1.82, 2.24) is 0 Å². The Bertz CT molecular complexity index is 436. The van der Waals surface area contributed by atoms with Crippen LogP contribution < -0.4 is 0 Å². The second kappa shape index (κ2) is 8.12. The number of aliphatic carboxylic acids is 4. The fourth-order valence-corrected chi connectivity index (χ4v) is 3.61. The summed E-state index contributed by atoms with van der Waals surface area (Å²) >= 11 is 0. The van der Waals surface area contributed by atoms with Gasteiger partial charge in [0.1, 0.15) is 0 Å². The molecule has 0 radical (unpaired) electrons. The van der Waals surface area contributed by atoms with Gasteiger partial charge in [-0.25, -0.2) is 0 Å². The van der Waals surface area contributed by atoms with E-state index in [2.05, 4.69) is 0 Å². The Hall–Kier alpha value is -2.12. The SMILES string of the molecule is O=C(O)C1(C(=O)O)CCCCCCCCCCC1(C(=O)O)C(=O)O. The first-order valence-corrected chi connectivity index (χ1v) is 8.17. The van der Waals surface area contributed by atoms with E-state index >= 15 is 0 Å². The maximum Gasteiger partial charge on any atom is 0.322 e. The van der Waals surface area contributed by atoms with Crippen molar-refractivity contribution >= 4 is 23.9 Å². The number of hydrogen-bond acceptors (Lipinski definition) is 4. The maximum absolute atomic E-state index is 11.9. The van der Waals surface area contributed by atoms with Gasteiger partial charge in [-0.05, 0) is 12.8 Å². The number of rotatable bonds is 4. The summed E-state index contributed by atoms with van der Waals surface area (Å²) in [6.45, 7) is 0. The molecular formula is C16H24O8. The molecule has 0 unspecified atom stereocenters. The van der Waals surface area contributed by atoms with Gasteiger partial charge in [-0.1, -0.05) is 51.4 Å². The zero-order valence-corrected chi connectivity index (χ0v) is 13.5. The first-order valence-electron chi connectivity index (χ1n) is 8.17. The summed E-state index contributed by atoms with van der Waals surface area (Å²) in [5.41, 5.74) is -5.77. The molecule has 0 aromatic heterocycles. The van der Waals surface area contributed by atoms with Crippen LogP contribution >= 0.6 is 0 Å². The largest absolute Gasteiger partial charge is 0.480 e. The fraction of sp³-hybridized carbons (Fsp3) is 0.750. The molecule has 0 aromatic rings. The number of carboxylic acids is 4. The summed E-state index contributed by atoms with van der Waals surface area (Å²) in [5.74, 6) is -7.62. The summed E-state index contributed by atoms with van der Waals surface area (Å²) in [6, 6.07) is 0. The van der Waals surface area contributed by atoms with Gasteiger partial charge in [-0.3, -0.25) is 19.2 Å². The minimum absolute atomic E-state index is 0.154. The van der Waals surface area contributed by atoms with Crippen LogP contribution in [0.3, 0.4) is 0 Å². The molecule has 136 valence electrons. The van der Waals surface area contributed by atoms with Crippen LogP contribution in [0.4, 0.5) is 0 Å². The van der Waals surface area contributed by atoms with E-state index in [1.54, 1.807) is 0 Å². The van der Waals surface area contributed by atoms with Gasteiger partial charge in [0.25, 0.3) is 0 Å². The van der Waals surface area contributed by atoms with E-state index in [1.165, 1.54) is 0 Å². The van der Waals surface area contributed by atoms with E-state index in [9.17, 15) is 39.6 Å². The minimum atomic E-state index is -2.89. The molecule has 1 aliphatic carbocycles. The molecular weight excluding hydrogens is 320 g/mol. The van der Waals surface area contributed by atoms with E-state index < -0.39 is 47.5 Å². The van der Waals surface area contributed by atoms with Crippen molar-refractivity contribution in [2.45, 2.75) is 64.2 Å². The molecule has 0 bridgehead atoms. The first kappa shape index (κ1) is 19.9. The van der Waals surface area contributed by atoms with E-state index in [0.717, 1.165) is 25.7 Å². The van der Waals surface area contributed by atoms with Crippen LogP contribution in [0.25, 0.3) is 0 Å². The molecule has 0 amide bonds. The van der Waals surface area contributed by atoms with Crippen LogP contribution in [0.15, 0.2) is 0 Å². The Morgan fingerprint density at radius 2 is 0.667 bits per heavy atom. The lowest BCUT2D eigenvalue weighted by atomic mass is 9.58. The molecule has 1 fully saturated rings. The molecule has 8 nitrogen and oxygen atoms in total. The molecule has 8 heteroatoms. The number of hydrogen-bond donors (Lipinski definition) is 4. The van der Waals surface area contributed by atoms with Gasteiger partial charge in [-0.15, -0.1) is 0 Å². The van der Waals surface area contributed by atoms with Crippen molar-refractivity contribution in [3.8, 4) is 0 Å². The highest BCUT2D eigenvalue weighted by Crippen LogP contribution is 2.49. The average Bonchev–Trinajstić information content (AvgIpc) is 2.46. The van der Waals surface area contributed by atoms with Crippen LogP contribution in [-0.4, -0.2) is 44.3 Å². The second-order valence-electron chi connectivity index (χ2n) is 6.36. The normalized spacial score (nSPS) is 21.7. The summed E-state index contributed by atoms with van der Waals surface area (Å²) < 4.78 is 0. The fourth-order valence-electron chi connectivity index (χ4n) is 3.61. The van der Waals surface area contributed by atoms with Crippen LogP contribution in [0.5, 0.6) is 0 Å². The van der Waals surface area contributed by atoms with Gasteiger partial charge < -0.3 is 20.4 Å². The van der Waals surface area contributed by atoms with Crippen molar-refractivity contribution in [3.05, 3.63) is 0 Å². The summed E-state index contributed by atoms with van der Waals surface area (Å²) in [4.78, 5) is 47.4. The lowest BCUT2D eigenvalue weighted by Crippen LogP contribution is -2.61. The highest BCUT2D eigenvalue weighted by Gasteiger charge is 2.70. The third kappa shape index (κ3) is 3.37. The molecule has 1 aliphatic rings. The maximum atomic E-state index is 11.9. The molecule has 1 saturated carbocycles. The van der Waals surface area contributed by atoms with Gasteiger partial charge in [-0.2, -0.15) is 0 Å². The molecule has 0 aliphatic heterocycles. The average molecular weight is 344 g/mol. The third-order valence-corrected chi connectivity index (χ3v) is 5.04. The number of carboxylic acid groups (broad SMARTS) is 4. The minimum Gasteiger partial charge on any atom is -0.480 e. The van der Waals surface area contributed by atoms with Crippen molar-refractivity contribution in [2.75, 3.05) is 0 Å². The number of carbonyl (C=O) groups is 4. The first-order chi connectivity index (χ1) is 11.2. The van der Waals surface area contributed by atoms with Gasteiger partial charge in [0.15, 0.2) is 10.8 Å². The lowest BCUT2D eigenvalue weighted by molar-refractivity contribution is -0.197. The standard InChI is InChI=1S/C16H24O8/c17-11(18)15(12(19)20)9-7-5-3-1-2-4-6-8-10-16(15,13(21)22)14(23)24/h1-10H2,(H,17,18)(H,19,20)(H,21,22)(H,23,24). The Morgan fingerprint density at radius 3 is 0.875 bits per heavy atom. The van der Waals surface area contributed by atoms with E-state index in [0.29, 0.717) is 12.8 Å². The predicted octanol–water partition coefficient (Wildman–Crippen LogP) is 2.21. The molecule has 4 N–H and O–H groups in total. The molecule has 0 heterocycles. The third-order valence-electron chi connectivity index (χ3n) is 5.04. The van der Waals surface area contributed by atoms with E-state index in [-0.39, 0.29) is 12.8 Å². The summed E-state index contributed by atoms with van der Waals surface area (Å²) in [7, 11) is 0. The van der Waals surface area contributed by atoms with Crippen molar-refractivity contribution in [1.29, 1.82) is 0 Å². The highest BCUT2D eigenvalue weighted by atomic mass is 16.4. The summed E-state index contributed by atoms with van der Waals surface area (Å²) in [5, 5.41) is 38.4. The van der Waals surface area contributed by atoms with Crippen LogP contribution in [0.2, 0.25) is 0 Å². The molecule has 1 rings (SSSR count). The lowest BCUT2D eigenvalue weighted by Gasteiger charge is -2.39. The van der Waals surface area contributed by atoms with Gasteiger partial charge in [0.2, 0.25) is 0 Å². The van der Waals surface area contributed by atoms with Crippen LogP contribution in [0.1, 0.15) is 64.2 Å². The topological polar surface area (TPSA) is 149 Å². The molecule has 0 aromatic carbocycles. The van der Waals surface area contributed by atoms with Crippen molar-refractivity contribution < 1.29 is 39.6 Å². The molecule has 0 spiro atoms. The molecule has 0 saturated heterocycles. The van der Waals surface area contributed by atoms with E-state index in [4.69, 9.17) is 0 Å². The Kier molecular flexibility index (Phi) is 6.74. The Morgan fingerprint density at radius 1 is 0.458 bits per heavy atom. The monoisotopic (exact) mass is 344 g/mol. The van der Waals surface area contributed by atoms with Crippen molar-refractivity contribution in [2.24, 2.45) is 10.8 Å². The van der Waals surface area contributed by atoms with Crippen molar-refractivity contribution in [3.63, 3.8) is 0 Å². The quantitative estimate of drug-likeness (QED) is 0.567. The second-order valence-corrected chi connectivity index (χ2v) is 6.36. The van der Waals surface area contributed by atoms with E-state index in [1.807, 2.05) is 0 Å². The zero-order valence-electron chi connectivity index (χ0n) is 13.5. The van der Waals surface area contributed by atoms with Gasteiger partial charge >= 0.3 is 23.9 Å². The molecule has 24 heavy (non-hydrogen) atoms. The van der Waals surface area contributed by atoms with Crippen LogP contribution in [0, 0.1) is 10.8 Å². The van der Waals surface area contributed by atoms with Gasteiger partial charge in [0, 0.05) is 0 Å². The molecule has 0 atom stereocenters. The zero-order chi connectivity index (χ0) is 18.4. The summed E-state index contributed by atoms with van der Waals surface area (Å²) in [6.07, 6.45) is 3.79. The predicted molar refractivity (Wildman–Crippen MR) is 81.6 cm³/mol. The highest BCUT2D eigenvalue weighted by molar-refractivity contribution is 6.12. The van der Waals surface area contributed by atoms with Crippen LogP contribution in [-0.2, 0) is 19.2 Å². The Balaban J connectivity index is 3.51. The Labute approximate surface area is 139 Å². The smallest absolute Gasteiger partial charge is 0.322 e.